The van der Waals surface area contributed by atoms with Gasteiger partial charge in [0.25, 0.3) is 0 Å². The SMILES string of the molecule is CCS(=O)(=O)N(CC(=O)N(Cc1ccc(Br)cc1)[C@H](Cc1ccccc1)C(=O)NC(C)C)c1ccc2c(c1)OCCO2. The molecule has 0 aliphatic carbocycles. The Balaban J connectivity index is 1.74. The second kappa shape index (κ2) is 14.1. The maximum Gasteiger partial charge on any atom is 0.244 e. The average molecular weight is 659 g/mol. The van der Waals surface area contributed by atoms with E-state index >= 15 is 0 Å². The number of anilines is 1. The van der Waals surface area contributed by atoms with Gasteiger partial charge in [0, 0.05) is 29.5 Å². The maximum atomic E-state index is 14.2. The number of benzene rings is 3. The first-order valence-corrected chi connectivity index (χ1v) is 16.3. The highest BCUT2D eigenvalue weighted by atomic mass is 79.9. The third kappa shape index (κ3) is 8.04. The molecule has 3 aromatic carbocycles. The lowest BCUT2D eigenvalue weighted by Crippen LogP contribution is -2.54. The van der Waals surface area contributed by atoms with Crippen LogP contribution in [0.4, 0.5) is 5.69 Å². The van der Waals surface area contributed by atoms with Crippen LogP contribution in [0.3, 0.4) is 0 Å². The van der Waals surface area contributed by atoms with Gasteiger partial charge in [0.1, 0.15) is 25.8 Å². The Morgan fingerprint density at radius 2 is 1.60 bits per heavy atom. The van der Waals surface area contributed by atoms with Gasteiger partial charge in [0.05, 0.1) is 11.4 Å². The Morgan fingerprint density at radius 3 is 2.24 bits per heavy atom. The van der Waals surface area contributed by atoms with E-state index < -0.39 is 28.5 Å². The van der Waals surface area contributed by atoms with Crippen molar-refractivity contribution in [1.82, 2.24) is 10.2 Å². The first kappa shape index (κ1) is 31.4. The topological polar surface area (TPSA) is 105 Å². The van der Waals surface area contributed by atoms with Gasteiger partial charge in [-0.3, -0.25) is 13.9 Å². The highest BCUT2D eigenvalue weighted by Gasteiger charge is 2.34. The molecule has 0 saturated carbocycles. The molecule has 0 spiro atoms. The molecule has 1 heterocycles. The molecule has 4 rings (SSSR count). The van der Waals surface area contributed by atoms with Crippen LogP contribution in [0.15, 0.2) is 77.3 Å². The van der Waals surface area contributed by atoms with Gasteiger partial charge in [-0.25, -0.2) is 8.42 Å². The summed E-state index contributed by atoms with van der Waals surface area (Å²) >= 11 is 3.44. The molecule has 1 N–H and O–H groups in total. The number of rotatable bonds is 12. The standard InChI is InChI=1S/C31H36BrN3O6S/c1-4-42(38,39)35(26-14-15-28-29(19-26)41-17-16-40-28)21-30(36)34(20-24-10-12-25(32)13-11-24)27(31(37)33-22(2)3)18-23-8-6-5-7-9-23/h5-15,19,22,27H,4,16-18,20-21H2,1-3H3,(H,33,37)/t27-/m1/s1. The predicted octanol–water partition coefficient (Wildman–Crippen LogP) is 4.54. The highest BCUT2D eigenvalue weighted by Crippen LogP contribution is 2.35. The molecule has 0 fully saturated rings. The number of carbonyl (C=O) groups is 2. The fourth-order valence-corrected chi connectivity index (χ4v) is 5.95. The number of fused-ring (bicyclic) bond motifs is 1. The van der Waals surface area contributed by atoms with Crippen molar-refractivity contribution in [1.29, 1.82) is 0 Å². The van der Waals surface area contributed by atoms with Gasteiger partial charge in [-0.1, -0.05) is 58.4 Å². The Labute approximate surface area is 256 Å². The van der Waals surface area contributed by atoms with Gasteiger partial charge in [-0.2, -0.15) is 0 Å². The normalized spacial score (nSPS) is 13.4. The number of carbonyl (C=O) groups excluding carboxylic acids is 2. The Hall–Kier alpha value is -3.57. The summed E-state index contributed by atoms with van der Waals surface area (Å²) < 4.78 is 40.0. The summed E-state index contributed by atoms with van der Waals surface area (Å²) in [4.78, 5) is 29.4. The number of nitrogens with zero attached hydrogens (tertiary/aromatic N) is 2. The summed E-state index contributed by atoms with van der Waals surface area (Å²) in [5.74, 6) is -0.126. The molecular weight excluding hydrogens is 622 g/mol. The fraction of sp³-hybridized carbons (Fsp3) is 0.355. The van der Waals surface area contributed by atoms with Crippen LogP contribution in [0.25, 0.3) is 0 Å². The Kier molecular flexibility index (Phi) is 10.5. The second-order valence-corrected chi connectivity index (χ2v) is 13.3. The van der Waals surface area contributed by atoms with Crippen molar-refractivity contribution in [3.63, 3.8) is 0 Å². The van der Waals surface area contributed by atoms with Crippen LogP contribution in [0, 0.1) is 0 Å². The third-order valence-electron chi connectivity index (χ3n) is 6.76. The lowest BCUT2D eigenvalue weighted by Gasteiger charge is -2.34. The van der Waals surface area contributed by atoms with E-state index in [4.69, 9.17) is 9.47 Å². The molecule has 0 saturated heterocycles. The molecule has 224 valence electrons. The minimum absolute atomic E-state index is 0.107. The van der Waals surface area contributed by atoms with Crippen LogP contribution in [0.2, 0.25) is 0 Å². The lowest BCUT2D eigenvalue weighted by molar-refractivity contribution is -0.140. The zero-order valence-electron chi connectivity index (χ0n) is 24.0. The Bertz CT molecular complexity index is 1480. The molecule has 3 aromatic rings. The van der Waals surface area contributed by atoms with Crippen molar-refractivity contribution in [3.05, 3.63) is 88.4 Å². The molecule has 0 bridgehead atoms. The van der Waals surface area contributed by atoms with E-state index in [0.29, 0.717) is 24.7 Å². The summed E-state index contributed by atoms with van der Waals surface area (Å²) in [6.07, 6.45) is 0.256. The van der Waals surface area contributed by atoms with Crippen LogP contribution in [-0.2, 0) is 32.6 Å². The lowest BCUT2D eigenvalue weighted by atomic mass is 10.0. The summed E-state index contributed by atoms with van der Waals surface area (Å²) in [6.45, 7) is 5.59. The summed E-state index contributed by atoms with van der Waals surface area (Å²) in [5.41, 5.74) is 1.95. The van der Waals surface area contributed by atoms with Crippen LogP contribution in [0.1, 0.15) is 31.9 Å². The van der Waals surface area contributed by atoms with E-state index in [-0.39, 0.29) is 36.4 Å². The number of sulfonamides is 1. The zero-order chi connectivity index (χ0) is 30.3. The monoisotopic (exact) mass is 657 g/mol. The number of halogens is 1. The maximum absolute atomic E-state index is 14.2. The Morgan fingerprint density at radius 1 is 0.929 bits per heavy atom. The highest BCUT2D eigenvalue weighted by molar-refractivity contribution is 9.10. The molecule has 11 heteroatoms. The number of ether oxygens (including phenoxy) is 2. The molecule has 0 unspecified atom stereocenters. The predicted molar refractivity (Wildman–Crippen MR) is 166 cm³/mol. The van der Waals surface area contributed by atoms with Gasteiger partial charge >= 0.3 is 0 Å². The van der Waals surface area contributed by atoms with E-state index in [1.165, 1.54) is 11.8 Å². The molecule has 9 nitrogen and oxygen atoms in total. The van der Waals surface area contributed by atoms with Gasteiger partial charge in [0.2, 0.25) is 21.8 Å². The minimum atomic E-state index is -3.89. The summed E-state index contributed by atoms with van der Waals surface area (Å²) in [6, 6.07) is 20.7. The number of amides is 2. The van der Waals surface area contributed by atoms with E-state index in [1.54, 1.807) is 18.2 Å². The quantitative estimate of drug-likeness (QED) is 0.307. The first-order valence-electron chi connectivity index (χ1n) is 13.9. The van der Waals surface area contributed by atoms with E-state index in [0.717, 1.165) is 19.9 Å². The van der Waals surface area contributed by atoms with Crippen molar-refractivity contribution in [2.75, 3.05) is 29.8 Å². The van der Waals surface area contributed by atoms with Crippen LogP contribution in [-0.4, -0.2) is 62.7 Å². The van der Waals surface area contributed by atoms with E-state index in [9.17, 15) is 18.0 Å². The molecule has 2 amide bonds. The van der Waals surface area contributed by atoms with Crippen molar-refractivity contribution in [3.8, 4) is 11.5 Å². The van der Waals surface area contributed by atoms with Crippen LogP contribution in [0.5, 0.6) is 11.5 Å². The first-order chi connectivity index (χ1) is 20.1. The molecule has 1 atom stereocenters. The van der Waals surface area contributed by atoms with Gasteiger partial charge < -0.3 is 19.7 Å². The molecule has 0 radical (unpaired) electrons. The number of hydrogen-bond acceptors (Lipinski definition) is 6. The average Bonchev–Trinajstić information content (AvgIpc) is 2.98. The van der Waals surface area contributed by atoms with Crippen molar-refractivity contribution < 1.29 is 27.5 Å². The second-order valence-electron chi connectivity index (χ2n) is 10.3. The number of hydrogen-bond donors (Lipinski definition) is 1. The molecular formula is C31H36BrN3O6S. The zero-order valence-corrected chi connectivity index (χ0v) is 26.4. The van der Waals surface area contributed by atoms with Crippen LogP contribution < -0.4 is 19.1 Å². The van der Waals surface area contributed by atoms with Crippen molar-refractivity contribution in [2.24, 2.45) is 0 Å². The summed E-state index contributed by atoms with van der Waals surface area (Å²) in [5, 5.41) is 2.95. The number of nitrogens with one attached hydrogen (secondary N) is 1. The van der Waals surface area contributed by atoms with Gasteiger partial charge in [0.15, 0.2) is 11.5 Å². The smallest absolute Gasteiger partial charge is 0.244 e. The molecule has 0 aromatic heterocycles. The summed E-state index contributed by atoms with van der Waals surface area (Å²) in [7, 11) is -3.89. The fourth-order valence-electron chi connectivity index (χ4n) is 4.63. The minimum Gasteiger partial charge on any atom is -0.486 e. The van der Waals surface area contributed by atoms with Crippen molar-refractivity contribution >= 4 is 43.5 Å². The van der Waals surface area contributed by atoms with Crippen LogP contribution >= 0.6 is 15.9 Å². The third-order valence-corrected chi connectivity index (χ3v) is 9.03. The molecule has 42 heavy (non-hydrogen) atoms. The van der Waals surface area contributed by atoms with Crippen molar-refractivity contribution in [2.45, 2.75) is 45.8 Å². The molecule has 1 aliphatic heterocycles. The van der Waals surface area contributed by atoms with Gasteiger partial charge in [-0.05, 0) is 56.2 Å². The van der Waals surface area contributed by atoms with Gasteiger partial charge in [-0.15, -0.1) is 0 Å². The van der Waals surface area contributed by atoms with E-state index in [2.05, 4.69) is 21.2 Å². The molecule has 1 aliphatic rings. The van der Waals surface area contributed by atoms with E-state index in [1.807, 2.05) is 68.4 Å². The largest absolute Gasteiger partial charge is 0.486 e.